The van der Waals surface area contributed by atoms with Gasteiger partial charge in [-0.15, -0.1) is 0 Å². The molecule has 1 aliphatic heterocycles. The lowest BCUT2D eigenvalue weighted by atomic mass is 9.85. The van der Waals surface area contributed by atoms with E-state index in [0.717, 1.165) is 17.0 Å². The van der Waals surface area contributed by atoms with Gasteiger partial charge in [-0.3, -0.25) is 15.4 Å². The molecule has 11 heteroatoms. The normalized spacial score (nSPS) is 22.8. The lowest BCUT2D eigenvalue weighted by Gasteiger charge is -2.35. The molecule has 3 rings (SSSR count). The van der Waals surface area contributed by atoms with Crippen LogP contribution in [0.1, 0.15) is 58.7 Å². The van der Waals surface area contributed by atoms with Crippen LogP contribution in [-0.4, -0.2) is 41.0 Å². The topological polar surface area (TPSA) is 93.9 Å². The minimum Gasteiger partial charge on any atom is -0.474 e. The van der Waals surface area contributed by atoms with E-state index in [-0.39, 0.29) is 17.2 Å². The van der Waals surface area contributed by atoms with E-state index in [1.807, 2.05) is 6.92 Å². The molecule has 188 valence electrons. The van der Waals surface area contributed by atoms with E-state index in [0.29, 0.717) is 24.6 Å². The molecular formula is C23H29F4N3O4. The fourth-order valence-electron chi connectivity index (χ4n) is 3.90. The van der Waals surface area contributed by atoms with Crippen LogP contribution in [0.25, 0.3) is 0 Å². The van der Waals surface area contributed by atoms with E-state index in [1.165, 1.54) is 0 Å². The summed E-state index contributed by atoms with van der Waals surface area (Å²) in [7, 11) is 0. The van der Waals surface area contributed by atoms with Crippen molar-refractivity contribution in [3.8, 4) is 0 Å². The van der Waals surface area contributed by atoms with Crippen molar-refractivity contribution >= 4 is 12.0 Å². The highest BCUT2D eigenvalue weighted by molar-refractivity contribution is 5.88. The lowest BCUT2D eigenvalue weighted by molar-refractivity contribution is -0.125. The number of nitrogens with zero attached hydrogens (tertiary/aromatic N) is 1. The number of amides is 2. The number of halogens is 4. The minimum absolute atomic E-state index is 0.0576. The van der Waals surface area contributed by atoms with E-state index in [2.05, 4.69) is 5.32 Å². The predicted molar refractivity (Wildman–Crippen MR) is 114 cm³/mol. The Balaban J connectivity index is 1.77. The molecule has 1 aromatic rings. The van der Waals surface area contributed by atoms with Crippen molar-refractivity contribution < 1.29 is 36.6 Å². The van der Waals surface area contributed by atoms with Gasteiger partial charge in [-0.2, -0.15) is 0 Å². The van der Waals surface area contributed by atoms with Crippen LogP contribution in [0, 0.1) is 17.6 Å². The molecule has 1 unspecified atom stereocenters. The van der Waals surface area contributed by atoms with Gasteiger partial charge < -0.3 is 14.8 Å². The number of allylic oxidation sites excluding steroid dienone is 2. The molecule has 1 aromatic carbocycles. The number of nitrogens with one attached hydrogen (secondary N) is 1. The second-order valence-corrected chi connectivity index (χ2v) is 9.56. The molecule has 0 saturated carbocycles. The number of carbonyl (C=O) groups excluding carboxylic acids is 2. The quantitative estimate of drug-likeness (QED) is 0.460. The van der Waals surface area contributed by atoms with Gasteiger partial charge >= 0.3 is 6.09 Å². The molecule has 3 atom stereocenters. The van der Waals surface area contributed by atoms with E-state index in [9.17, 15) is 27.2 Å². The molecule has 1 aliphatic carbocycles. The third kappa shape index (κ3) is 5.99. The van der Waals surface area contributed by atoms with Crippen LogP contribution >= 0.6 is 0 Å². The minimum atomic E-state index is -3.25. The zero-order valence-electron chi connectivity index (χ0n) is 19.5. The summed E-state index contributed by atoms with van der Waals surface area (Å²) in [6.07, 6.45) is -2.05. The summed E-state index contributed by atoms with van der Waals surface area (Å²) >= 11 is 0. The molecule has 0 bridgehead atoms. The van der Waals surface area contributed by atoms with Crippen LogP contribution in [-0.2, 0) is 14.3 Å². The average molecular weight is 487 g/mol. The van der Waals surface area contributed by atoms with E-state index >= 15 is 0 Å². The molecule has 2 aliphatic rings. The van der Waals surface area contributed by atoms with Gasteiger partial charge in [0.1, 0.15) is 29.0 Å². The fraction of sp³-hybridized carbons (Fsp3) is 0.565. The number of hydrogen-bond donors (Lipinski definition) is 2. The van der Waals surface area contributed by atoms with Gasteiger partial charge in [0.15, 0.2) is 6.23 Å². The number of ether oxygens (including phenoxy) is 2. The third-order valence-corrected chi connectivity index (χ3v) is 5.57. The van der Waals surface area contributed by atoms with Crippen molar-refractivity contribution in [1.29, 1.82) is 0 Å². The van der Waals surface area contributed by atoms with Gasteiger partial charge in [0.25, 0.3) is 5.92 Å². The Labute approximate surface area is 195 Å². The van der Waals surface area contributed by atoms with E-state index in [1.54, 1.807) is 20.8 Å². The molecule has 7 nitrogen and oxygen atoms in total. The highest BCUT2D eigenvalue weighted by atomic mass is 19.3. The number of alkyl halides is 2. The second kappa shape index (κ2) is 9.44. The zero-order valence-corrected chi connectivity index (χ0v) is 19.5. The highest BCUT2D eigenvalue weighted by Crippen LogP contribution is 2.39. The molecule has 1 heterocycles. The summed E-state index contributed by atoms with van der Waals surface area (Å²) < 4.78 is 66.1. The molecular weight excluding hydrogens is 458 g/mol. The molecule has 3 N–H and O–H groups in total. The standard InChI is InChI=1S/C23H29F4N3O4/c1-5-12-8-17(33-19(28)13-6-14(24)9-15(25)7-13)18(12)29-20(31)16-10-23(26,27)11-30(16)21(32)34-22(2,3)4/h6-7,9,12,16,19H,5,8,10-11,28H2,1-4H3,(H,29,31)/t12-,16-,19?/m0/s1. The van der Waals surface area contributed by atoms with Crippen molar-refractivity contribution in [3.05, 3.63) is 46.9 Å². The summed E-state index contributed by atoms with van der Waals surface area (Å²) in [6, 6.07) is 1.32. The third-order valence-electron chi connectivity index (χ3n) is 5.57. The Morgan fingerprint density at radius 1 is 1.24 bits per heavy atom. The Bertz CT molecular complexity index is 973. The van der Waals surface area contributed by atoms with Crippen molar-refractivity contribution in [2.45, 2.75) is 70.8 Å². The van der Waals surface area contributed by atoms with Crippen LogP contribution in [0.4, 0.5) is 22.4 Å². The molecule has 0 radical (unpaired) electrons. The van der Waals surface area contributed by atoms with Crippen LogP contribution in [0.15, 0.2) is 29.7 Å². The molecule has 0 aromatic heterocycles. The number of carbonyl (C=O) groups is 2. The van der Waals surface area contributed by atoms with Crippen LogP contribution < -0.4 is 11.1 Å². The van der Waals surface area contributed by atoms with E-state index < -0.39 is 60.4 Å². The predicted octanol–water partition coefficient (Wildman–Crippen LogP) is 4.34. The first kappa shape index (κ1) is 25.8. The van der Waals surface area contributed by atoms with Crippen molar-refractivity contribution in [3.63, 3.8) is 0 Å². The number of benzene rings is 1. The zero-order chi connectivity index (χ0) is 25.4. The Morgan fingerprint density at radius 2 is 1.85 bits per heavy atom. The maximum absolute atomic E-state index is 14.1. The van der Waals surface area contributed by atoms with Crippen LogP contribution in [0.2, 0.25) is 0 Å². The highest BCUT2D eigenvalue weighted by Gasteiger charge is 2.51. The maximum Gasteiger partial charge on any atom is 0.411 e. The molecule has 1 saturated heterocycles. The molecule has 2 amide bonds. The Hall–Kier alpha value is -2.82. The monoisotopic (exact) mass is 487 g/mol. The van der Waals surface area contributed by atoms with Crippen LogP contribution in [0.5, 0.6) is 0 Å². The number of rotatable bonds is 6. The summed E-state index contributed by atoms with van der Waals surface area (Å²) in [5.74, 6) is -5.54. The molecule has 0 spiro atoms. The summed E-state index contributed by atoms with van der Waals surface area (Å²) in [5, 5.41) is 2.60. The molecule has 1 fully saturated rings. The van der Waals surface area contributed by atoms with Gasteiger partial charge in [0.05, 0.1) is 12.2 Å². The molecule has 34 heavy (non-hydrogen) atoms. The number of likely N-dealkylation sites (tertiary alicyclic amines) is 1. The number of hydrogen-bond acceptors (Lipinski definition) is 5. The van der Waals surface area contributed by atoms with Crippen LogP contribution in [0.3, 0.4) is 0 Å². The first-order chi connectivity index (χ1) is 15.7. The van der Waals surface area contributed by atoms with Gasteiger partial charge in [-0.1, -0.05) is 6.92 Å². The smallest absolute Gasteiger partial charge is 0.411 e. The Morgan fingerprint density at radius 3 is 2.41 bits per heavy atom. The number of nitrogens with two attached hydrogens (primary N) is 1. The van der Waals surface area contributed by atoms with Gasteiger partial charge in [-0.25, -0.2) is 22.4 Å². The Kier molecular flexibility index (Phi) is 7.16. The second-order valence-electron chi connectivity index (χ2n) is 9.56. The van der Waals surface area contributed by atoms with Gasteiger partial charge in [0.2, 0.25) is 5.91 Å². The summed E-state index contributed by atoms with van der Waals surface area (Å²) in [4.78, 5) is 26.1. The van der Waals surface area contributed by atoms with E-state index in [4.69, 9.17) is 15.2 Å². The fourth-order valence-corrected chi connectivity index (χ4v) is 3.90. The van der Waals surface area contributed by atoms with Gasteiger partial charge in [-0.05, 0) is 39.3 Å². The summed E-state index contributed by atoms with van der Waals surface area (Å²) in [6.45, 7) is 5.71. The first-order valence-electron chi connectivity index (χ1n) is 11.0. The van der Waals surface area contributed by atoms with Gasteiger partial charge in [0, 0.05) is 30.4 Å². The first-order valence-corrected chi connectivity index (χ1v) is 11.0. The van der Waals surface area contributed by atoms with Crippen molar-refractivity contribution in [1.82, 2.24) is 10.2 Å². The lowest BCUT2D eigenvalue weighted by Crippen LogP contribution is -2.49. The average Bonchev–Trinajstić information content (AvgIpc) is 3.02. The largest absolute Gasteiger partial charge is 0.474 e. The summed E-state index contributed by atoms with van der Waals surface area (Å²) in [5.41, 5.74) is 5.41. The maximum atomic E-state index is 14.1. The SMILES string of the molecule is CC[C@H]1CC(OC(N)c2cc(F)cc(F)c2)=C1NC(=O)[C@@H]1CC(F)(F)CN1C(=O)OC(C)(C)C. The van der Waals surface area contributed by atoms with Crippen molar-refractivity contribution in [2.24, 2.45) is 11.7 Å². The van der Waals surface area contributed by atoms with Crippen molar-refractivity contribution in [2.75, 3.05) is 6.54 Å².